The maximum absolute atomic E-state index is 14.9. The van der Waals surface area contributed by atoms with Gasteiger partial charge in [-0.2, -0.15) is 0 Å². The second kappa shape index (κ2) is 67.3. The summed E-state index contributed by atoms with van der Waals surface area (Å²) < 4.78 is 0. The summed E-state index contributed by atoms with van der Waals surface area (Å²) in [6, 6.07) is 13.6. The van der Waals surface area contributed by atoms with E-state index in [0.29, 0.717) is 132 Å². The number of unbranched alkanes of at least 4 members (excludes halogenated alkanes) is 8. The van der Waals surface area contributed by atoms with Crippen LogP contribution in [0.25, 0.3) is 0 Å². The van der Waals surface area contributed by atoms with Gasteiger partial charge in [0.05, 0.1) is 6.04 Å². The van der Waals surface area contributed by atoms with Crippen molar-refractivity contribution >= 4 is 94.6 Å². The van der Waals surface area contributed by atoms with E-state index in [4.69, 9.17) is 51.6 Å². The van der Waals surface area contributed by atoms with Crippen LogP contribution in [0.1, 0.15) is 204 Å². The Morgan fingerprint density at radius 3 is 0.547 bits per heavy atom. The molecule has 34 N–H and O–H groups in total. The number of carbonyl (C=O) groups excluding carboxylic acids is 15. The zero-order chi connectivity index (χ0) is 101. The number of nitrogens with two attached hydrogens (primary N) is 9. The zero-order valence-electron chi connectivity index (χ0n) is 79.9. The van der Waals surface area contributed by atoms with E-state index in [0.717, 1.165) is 0 Å². The summed E-state index contributed by atoms with van der Waals surface area (Å²) in [6.45, 7) is 7.49. The van der Waals surface area contributed by atoms with Crippen LogP contribution in [0.15, 0.2) is 121 Å². The number of hydrogen-bond acceptors (Lipinski definition) is 25. The summed E-state index contributed by atoms with van der Waals surface area (Å²) in [4.78, 5) is 228. The molecular weight excluding hydrogens is 1760 g/mol. The molecule has 4 rings (SSSR count). The number of carboxylic acids is 1. The van der Waals surface area contributed by atoms with Crippen molar-refractivity contribution in [1.29, 1.82) is 0 Å². The summed E-state index contributed by atoms with van der Waals surface area (Å²) in [5.41, 5.74) is 55.3. The van der Waals surface area contributed by atoms with Gasteiger partial charge in [0.2, 0.25) is 88.6 Å². The maximum atomic E-state index is 14.9. The van der Waals surface area contributed by atoms with E-state index >= 15 is 0 Å². The van der Waals surface area contributed by atoms with E-state index in [1.165, 1.54) is 27.7 Å². The highest BCUT2D eigenvalue weighted by Gasteiger charge is 2.38. The molecule has 0 spiro atoms. The van der Waals surface area contributed by atoms with Gasteiger partial charge >= 0.3 is 5.97 Å². The number of amides is 15. The minimum Gasteiger partial charge on any atom is -0.480 e. The monoisotopic (exact) mass is 1920 g/mol. The molecule has 0 heterocycles. The molecule has 41 heteroatoms. The minimum atomic E-state index is -1.44. The first kappa shape index (κ1) is 117. The Kier molecular flexibility index (Phi) is 57.6. The Hall–Kier alpha value is -12.0. The molecule has 0 aliphatic rings. The highest BCUT2D eigenvalue weighted by molar-refractivity contribution is 6.01. The zero-order valence-corrected chi connectivity index (χ0v) is 79.9. The predicted octanol–water partition coefficient (Wildman–Crippen LogP) is -2.25. The van der Waals surface area contributed by atoms with Gasteiger partial charge in [0, 0.05) is 25.7 Å². The molecule has 4 aromatic rings. The summed E-state index contributed by atoms with van der Waals surface area (Å²) in [5, 5.41) is 50.4. The topological polar surface area (TPSA) is 708 Å². The first-order valence-electron chi connectivity index (χ1n) is 48.1. The number of carbonyl (C=O) groups is 16. The number of nitrogens with one attached hydrogen (secondary N) is 15. The Labute approximate surface area is 804 Å². The number of rotatable bonds is 71. The number of aliphatic carboxylic acids is 1. The Morgan fingerprint density at radius 1 is 0.204 bits per heavy atom. The first-order chi connectivity index (χ1) is 65.7. The van der Waals surface area contributed by atoms with Crippen molar-refractivity contribution in [2.24, 2.45) is 51.6 Å². The van der Waals surface area contributed by atoms with E-state index < -0.39 is 191 Å². The second-order valence-corrected chi connectivity index (χ2v) is 34.6. The van der Waals surface area contributed by atoms with Crippen molar-refractivity contribution in [2.75, 3.05) is 52.4 Å². The molecule has 0 saturated heterocycles. The average molecular weight is 1920 g/mol. The number of carboxylic acid groups (broad SMARTS) is 1. The van der Waals surface area contributed by atoms with Crippen LogP contribution < -0.4 is 131 Å². The fourth-order valence-corrected chi connectivity index (χ4v) is 14.8. The van der Waals surface area contributed by atoms with Crippen LogP contribution in [0.4, 0.5) is 0 Å². The summed E-state index contributed by atoms with van der Waals surface area (Å²) in [5.74, 6) is -13.3. The SMILES string of the molecule is C[C@H](NC(=O)[C@H](Cc1ccccc1)NC(=O)[C@H](CCCCN)NC(=O)[C@H](CCCCN)NC(=O)[C@H](C)NC(=O)[C@H](Cc1ccccc1)NC(=O)[C@H](CCCCN)NC(=O)[C@H](CCCCN)NC(=O)[C@H](C)NC(=O)[C@H](Cc1ccccc1)NC(=O)[C@H](CCCCN)NC(=O)[C@H](CCCCN)NC(=O)[C@H](C)NC(=O)[C@H](Cc1ccccc1)NC(=O)[C@@H](N)CCCCN)C(=O)N[C@@H](CCCCN)C(=O)O. The fraction of sp³-hybridized carbons (Fsp3) is 0.583. The van der Waals surface area contributed by atoms with Crippen molar-refractivity contribution in [3.05, 3.63) is 144 Å². The van der Waals surface area contributed by atoms with Gasteiger partial charge in [0.25, 0.3) is 0 Å². The summed E-state index contributed by atoms with van der Waals surface area (Å²) in [6.07, 6.45) is 6.56. The van der Waals surface area contributed by atoms with Crippen LogP contribution in [-0.2, 0) is 102 Å². The van der Waals surface area contributed by atoms with Crippen molar-refractivity contribution in [3.63, 3.8) is 0 Å². The third-order valence-electron chi connectivity index (χ3n) is 23.0. The lowest BCUT2D eigenvalue weighted by molar-refractivity contribution is -0.142. The highest BCUT2D eigenvalue weighted by atomic mass is 16.4. The lowest BCUT2D eigenvalue weighted by atomic mass is 10.0. The lowest BCUT2D eigenvalue weighted by Gasteiger charge is -2.28. The molecule has 15 amide bonds. The predicted molar refractivity (Wildman–Crippen MR) is 521 cm³/mol. The van der Waals surface area contributed by atoms with Gasteiger partial charge in [0.15, 0.2) is 0 Å². The van der Waals surface area contributed by atoms with Gasteiger partial charge in [-0.05, 0) is 250 Å². The normalized spacial score (nSPS) is 14.7. The Morgan fingerprint density at radius 2 is 0.358 bits per heavy atom. The van der Waals surface area contributed by atoms with E-state index in [1.54, 1.807) is 121 Å². The molecule has 4 aromatic carbocycles. The largest absolute Gasteiger partial charge is 0.480 e. The van der Waals surface area contributed by atoms with Crippen LogP contribution in [0.5, 0.6) is 0 Å². The quantitative estimate of drug-likeness (QED) is 0.0208. The summed E-state index contributed by atoms with van der Waals surface area (Å²) in [7, 11) is 0. The van der Waals surface area contributed by atoms with Crippen LogP contribution >= 0.6 is 0 Å². The average Bonchev–Trinajstić information content (AvgIpc) is 0.856. The molecule has 0 radical (unpaired) electrons. The number of benzene rings is 4. The third-order valence-corrected chi connectivity index (χ3v) is 23.0. The van der Waals surface area contributed by atoms with E-state index in [1.807, 2.05) is 0 Å². The molecule has 0 bridgehead atoms. The maximum Gasteiger partial charge on any atom is 0.326 e. The van der Waals surface area contributed by atoms with Crippen molar-refractivity contribution in [1.82, 2.24) is 79.8 Å². The van der Waals surface area contributed by atoms with Gasteiger partial charge in [-0.15, -0.1) is 0 Å². The highest BCUT2D eigenvalue weighted by Crippen LogP contribution is 2.17. The molecule has 137 heavy (non-hydrogen) atoms. The van der Waals surface area contributed by atoms with Crippen LogP contribution in [0.2, 0.25) is 0 Å². The molecule has 0 saturated carbocycles. The molecular formula is C96H154N24O17. The van der Waals surface area contributed by atoms with Crippen LogP contribution in [0.3, 0.4) is 0 Å². The first-order valence-corrected chi connectivity index (χ1v) is 48.1. The van der Waals surface area contributed by atoms with E-state index in [-0.39, 0.29) is 123 Å². The van der Waals surface area contributed by atoms with Gasteiger partial charge < -0.3 is 136 Å². The van der Waals surface area contributed by atoms with Crippen molar-refractivity contribution in [2.45, 2.75) is 304 Å². The molecule has 760 valence electrons. The number of hydrogen-bond donors (Lipinski definition) is 25. The smallest absolute Gasteiger partial charge is 0.326 e. The standard InChI is InChI=1S/C96H154N24O17/c1-61(106-92(132)77(57-65-33-9-5-10-34-65)117-85(125)69(105)41-17-25-49-97)81(121)110-70(42-18-26-50-98)86(126)113-73(45-21-29-53-101)89(129)118-78(58-66-35-11-6-12-36-66)93(133)107-62(2)82(122)111-71(43-19-27-51-99)87(127)114-74(46-22-30-54-102)90(130)119-79(59-67-37-13-7-14-38-67)94(134)108-63(3)83(123)112-72(44-20-28-52-100)88(128)115-75(47-23-31-55-103)91(131)120-80(60-68-39-15-8-16-40-68)95(135)109-64(4)84(124)116-76(96(136)137)48-24-32-56-104/h5-16,33-40,61-64,69-80H,17-32,41-60,97-105H2,1-4H3,(H,106,132)(H,107,133)(H,108,134)(H,109,135)(H,110,121)(H,111,122)(H,112,123)(H,113,126)(H,114,127)(H,115,128)(H,116,124)(H,117,125)(H,118,129)(H,119,130)(H,120,131)(H,136,137)/t61-,62-,63-,64-,69-,70-,71-,72-,73-,74-,75-,76-,77-,78-,79-,80-/m0/s1. The Bertz CT molecular complexity index is 4340. The molecule has 0 aliphatic carbocycles. The van der Waals surface area contributed by atoms with Crippen molar-refractivity contribution < 1.29 is 81.8 Å². The second-order valence-electron chi connectivity index (χ2n) is 34.6. The van der Waals surface area contributed by atoms with E-state index in [9.17, 15) is 81.8 Å². The molecule has 0 fully saturated rings. The molecule has 0 unspecified atom stereocenters. The van der Waals surface area contributed by atoms with Crippen molar-refractivity contribution in [3.8, 4) is 0 Å². The molecule has 41 nitrogen and oxygen atoms in total. The molecule has 0 aromatic heterocycles. The van der Waals surface area contributed by atoms with Crippen LogP contribution in [-0.4, -0.2) is 249 Å². The Balaban J connectivity index is 1.58. The van der Waals surface area contributed by atoms with Gasteiger partial charge in [-0.3, -0.25) is 71.9 Å². The van der Waals surface area contributed by atoms with Gasteiger partial charge in [-0.25, -0.2) is 4.79 Å². The van der Waals surface area contributed by atoms with Crippen LogP contribution in [0, 0.1) is 0 Å². The van der Waals surface area contributed by atoms with Gasteiger partial charge in [-0.1, -0.05) is 128 Å². The third kappa shape index (κ3) is 46.2. The summed E-state index contributed by atoms with van der Waals surface area (Å²) >= 11 is 0. The lowest BCUT2D eigenvalue weighted by Crippen LogP contribution is -2.61. The minimum absolute atomic E-state index is 0.00472. The molecule has 16 atom stereocenters. The van der Waals surface area contributed by atoms with Gasteiger partial charge in [0.1, 0.15) is 90.6 Å². The van der Waals surface area contributed by atoms with E-state index in [2.05, 4.69) is 79.8 Å². The molecule has 0 aliphatic heterocycles. The fourth-order valence-electron chi connectivity index (χ4n) is 14.8.